The van der Waals surface area contributed by atoms with Gasteiger partial charge in [-0.15, -0.1) is 6.58 Å². The van der Waals surface area contributed by atoms with Gasteiger partial charge in [-0.3, -0.25) is 4.79 Å². The second kappa shape index (κ2) is 4.74. The van der Waals surface area contributed by atoms with Gasteiger partial charge in [0.15, 0.2) is 0 Å². The Morgan fingerprint density at radius 1 is 1.36 bits per heavy atom. The Morgan fingerprint density at radius 2 is 1.79 bits per heavy atom. The Bertz CT molecular complexity index is 216. The number of ketones is 1. The summed E-state index contributed by atoms with van der Waals surface area (Å²) in [7, 11) is 0. The van der Waals surface area contributed by atoms with E-state index in [2.05, 4.69) is 6.58 Å². The van der Waals surface area contributed by atoms with Crippen LogP contribution in [0.25, 0.3) is 0 Å². The first-order chi connectivity index (χ1) is 6.24. The Kier molecular flexibility index (Phi) is 4.53. The number of rotatable bonds is 5. The first-order valence-corrected chi connectivity index (χ1v) is 5.10. The molecule has 1 N–H and O–H groups in total. The van der Waals surface area contributed by atoms with Crippen LogP contribution in [0, 0.1) is 17.3 Å². The minimum Gasteiger partial charge on any atom is -0.392 e. The predicted molar refractivity (Wildman–Crippen MR) is 59.0 cm³/mol. The van der Waals surface area contributed by atoms with Gasteiger partial charge in [-0.1, -0.05) is 26.8 Å². The summed E-state index contributed by atoms with van der Waals surface area (Å²) >= 11 is 0. The Labute approximate surface area is 87.0 Å². The van der Waals surface area contributed by atoms with Crippen LogP contribution in [0.1, 0.15) is 34.6 Å². The van der Waals surface area contributed by atoms with Gasteiger partial charge in [-0.2, -0.15) is 0 Å². The third-order valence-corrected chi connectivity index (χ3v) is 2.75. The SMILES string of the molecule is C=CC(C)(C)C(=O)[C@H](C)[C@@H](O)C(C)C. The summed E-state index contributed by atoms with van der Waals surface area (Å²) in [5.74, 6) is -0.175. The first-order valence-electron chi connectivity index (χ1n) is 5.10. The van der Waals surface area contributed by atoms with Gasteiger partial charge in [0.2, 0.25) is 0 Å². The smallest absolute Gasteiger partial charge is 0.147 e. The van der Waals surface area contributed by atoms with Gasteiger partial charge in [0.25, 0.3) is 0 Å². The molecule has 0 fully saturated rings. The van der Waals surface area contributed by atoms with Crippen LogP contribution >= 0.6 is 0 Å². The second-order valence-electron chi connectivity index (χ2n) is 4.81. The number of aliphatic hydroxyl groups is 1. The number of hydrogen-bond acceptors (Lipinski definition) is 2. The van der Waals surface area contributed by atoms with Gasteiger partial charge in [-0.25, -0.2) is 0 Å². The van der Waals surface area contributed by atoms with Gasteiger partial charge >= 0.3 is 0 Å². The molecular formula is C12H22O2. The monoisotopic (exact) mass is 198 g/mol. The fourth-order valence-electron chi connectivity index (χ4n) is 1.42. The van der Waals surface area contributed by atoms with E-state index in [0.717, 1.165) is 0 Å². The number of carbonyl (C=O) groups excluding carboxylic acids is 1. The zero-order valence-electron chi connectivity index (χ0n) is 9.87. The summed E-state index contributed by atoms with van der Waals surface area (Å²) < 4.78 is 0. The van der Waals surface area contributed by atoms with E-state index in [1.54, 1.807) is 13.0 Å². The molecule has 2 atom stereocenters. The molecule has 0 aliphatic rings. The molecule has 0 aromatic heterocycles. The molecule has 2 heteroatoms. The van der Waals surface area contributed by atoms with Crippen molar-refractivity contribution in [2.75, 3.05) is 0 Å². The zero-order valence-corrected chi connectivity index (χ0v) is 9.87. The highest BCUT2D eigenvalue weighted by Crippen LogP contribution is 2.26. The van der Waals surface area contributed by atoms with Gasteiger partial charge in [0.05, 0.1) is 6.10 Å². The van der Waals surface area contributed by atoms with E-state index < -0.39 is 11.5 Å². The van der Waals surface area contributed by atoms with Crippen LogP contribution in [0.15, 0.2) is 12.7 Å². The standard InChI is InChI=1S/C12H22O2/c1-7-12(5,6)11(14)9(4)10(13)8(2)3/h7-10,13H,1H2,2-6H3/t9-,10+/m1/s1. The number of carbonyl (C=O) groups is 1. The summed E-state index contributed by atoms with van der Waals surface area (Å²) in [5.41, 5.74) is -0.546. The Hall–Kier alpha value is -0.630. The lowest BCUT2D eigenvalue weighted by atomic mass is 9.78. The summed E-state index contributed by atoms with van der Waals surface area (Å²) in [5, 5.41) is 9.77. The van der Waals surface area contributed by atoms with Crippen molar-refractivity contribution in [3.63, 3.8) is 0 Å². The van der Waals surface area contributed by atoms with E-state index in [1.807, 2.05) is 27.7 Å². The molecule has 0 spiro atoms. The van der Waals surface area contributed by atoms with Gasteiger partial charge < -0.3 is 5.11 Å². The average molecular weight is 198 g/mol. The van der Waals surface area contributed by atoms with Gasteiger partial charge in [0, 0.05) is 11.3 Å². The summed E-state index contributed by atoms with van der Waals surface area (Å²) in [6, 6.07) is 0. The van der Waals surface area contributed by atoms with E-state index >= 15 is 0 Å². The Morgan fingerprint density at radius 3 is 2.07 bits per heavy atom. The second-order valence-corrected chi connectivity index (χ2v) is 4.81. The number of aliphatic hydroxyl groups excluding tert-OH is 1. The van der Waals surface area contributed by atoms with Crippen molar-refractivity contribution in [3.05, 3.63) is 12.7 Å². The molecule has 82 valence electrons. The molecule has 0 bridgehead atoms. The van der Waals surface area contributed by atoms with Crippen LogP contribution in [0.4, 0.5) is 0 Å². The number of hydrogen-bond donors (Lipinski definition) is 1. The van der Waals surface area contributed by atoms with E-state index in [-0.39, 0.29) is 17.6 Å². The number of Topliss-reactive ketones (excluding diaryl/α,β-unsaturated/α-hetero) is 1. The van der Waals surface area contributed by atoms with Crippen molar-refractivity contribution in [1.82, 2.24) is 0 Å². The minimum absolute atomic E-state index is 0.0497. The van der Waals surface area contributed by atoms with Crippen molar-refractivity contribution in [2.45, 2.75) is 40.7 Å². The van der Waals surface area contributed by atoms with Crippen LogP contribution in [0.5, 0.6) is 0 Å². The lowest BCUT2D eigenvalue weighted by Crippen LogP contribution is -2.37. The van der Waals surface area contributed by atoms with Crippen LogP contribution in [-0.2, 0) is 4.79 Å². The average Bonchev–Trinajstić information content (AvgIpc) is 2.14. The highest BCUT2D eigenvalue weighted by Gasteiger charge is 2.33. The molecule has 0 radical (unpaired) electrons. The van der Waals surface area contributed by atoms with Crippen molar-refractivity contribution in [3.8, 4) is 0 Å². The maximum Gasteiger partial charge on any atom is 0.147 e. The molecule has 0 aliphatic carbocycles. The molecule has 0 saturated carbocycles. The van der Waals surface area contributed by atoms with Crippen LogP contribution in [-0.4, -0.2) is 17.0 Å². The van der Waals surface area contributed by atoms with Crippen molar-refractivity contribution < 1.29 is 9.90 Å². The molecule has 0 aromatic rings. The van der Waals surface area contributed by atoms with Crippen molar-refractivity contribution >= 4 is 5.78 Å². The molecule has 0 heterocycles. The molecule has 0 aromatic carbocycles. The highest BCUT2D eigenvalue weighted by molar-refractivity contribution is 5.88. The summed E-state index contributed by atoms with van der Waals surface area (Å²) in [6.45, 7) is 12.9. The molecule has 0 aliphatic heterocycles. The molecule has 14 heavy (non-hydrogen) atoms. The fraction of sp³-hybridized carbons (Fsp3) is 0.750. The zero-order chi connectivity index (χ0) is 11.5. The first kappa shape index (κ1) is 13.4. The van der Waals surface area contributed by atoms with E-state index in [9.17, 15) is 9.90 Å². The quantitative estimate of drug-likeness (QED) is 0.689. The van der Waals surface area contributed by atoms with Crippen LogP contribution < -0.4 is 0 Å². The predicted octanol–water partition coefficient (Wildman–Crippen LogP) is 2.42. The lowest BCUT2D eigenvalue weighted by molar-refractivity contribution is -0.132. The van der Waals surface area contributed by atoms with E-state index in [0.29, 0.717) is 0 Å². The van der Waals surface area contributed by atoms with Crippen LogP contribution in [0.3, 0.4) is 0 Å². The van der Waals surface area contributed by atoms with Crippen molar-refractivity contribution in [2.24, 2.45) is 17.3 Å². The highest BCUT2D eigenvalue weighted by atomic mass is 16.3. The largest absolute Gasteiger partial charge is 0.392 e. The molecule has 2 nitrogen and oxygen atoms in total. The summed E-state index contributed by atoms with van der Waals surface area (Å²) in [6.07, 6.45) is 1.07. The van der Waals surface area contributed by atoms with E-state index in [1.165, 1.54) is 0 Å². The topological polar surface area (TPSA) is 37.3 Å². The van der Waals surface area contributed by atoms with Gasteiger partial charge in [0.1, 0.15) is 5.78 Å². The number of allylic oxidation sites excluding steroid dienone is 1. The molecule has 0 unspecified atom stereocenters. The molecule has 0 rings (SSSR count). The maximum atomic E-state index is 11.9. The minimum atomic E-state index is -0.568. The maximum absolute atomic E-state index is 11.9. The normalized spacial score (nSPS) is 16.5. The summed E-state index contributed by atoms with van der Waals surface area (Å²) in [4.78, 5) is 11.9. The fourth-order valence-corrected chi connectivity index (χ4v) is 1.42. The van der Waals surface area contributed by atoms with E-state index in [4.69, 9.17) is 0 Å². The van der Waals surface area contributed by atoms with Crippen LogP contribution in [0.2, 0.25) is 0 Å². The third kappa shape index (κ3) is 2.95. The Balaban J connectivity index is 4.63. The molecule has 0 amide bonds. The molecular weight excluding hydrogens is 176 g/mol. The van der Waals surface area contributed by atoms with Gasteiger partial charge in [-0.05, 0) is 19.8 Å². The van der Waals surface area contributed by atoms with Crippen molar-refractivity contribution in [1.29, 1.82) is 0 Å². The lowest BCUT2D eigenvalue weighted by Gasteiger charge is -2.27. The molecule has 0 saturated heterocycles. The third-order valence-electron chi connectivity index (χ3n) is 2.75.